The summed E-state index contributed by atoms with van der Waals surface area (Å²) in [6.07, 6.45) is 2.71. The molecule has 1 aromatic heterocycles. The second-order valence-corrected chi connectivity index (χ2v) is 3.90. The van der Waals surface area contributed by atoms with Crippen molar-refractivity contribution in [3.63, 3.8) is 0 Å². The molecule has 0 aromatic carbocycles. The molecule has 0 spiro atoms. The van der Waals surface area contributed by atoms with Crippen LogP contribution in [0.25, 0.3) is 0 Å². The zero-order valence-electron chi connectivity index (χ0n) is 9.00. The fraction of sp³-hybridized carbons (Fsp3) is 0.455. The summed E-state index contributed by atoms with van der Waals surface area (Å²) in [5, 5.41) is 0. The Bertz CT molecular complexity index is 356. The molecule has 1 aliphatic rings. The number of nitrogens with two attached hydrogens (primary N) is 1. The lowest BCUT2D eigenvalue weighted by molar-refractivity contribution is -0.118. The molecule has 5 heteroatoms. The zero-order valence-corrected chi connectivity index (χ0v) is 9.00. The lowest BCUT2D eigenvalue weighted by Gasteiger charge is -2.14. The molecule has 16 heavy (non-hydrogen) atoms. The number of primary amides is 1. The normalized spacial score (nSPS) is 20.9. The molecule has 1 unspecified atom stereocenters. The van der Waals surface area contributed by atoms with E-state index in [1.165, 1.54) is 0 Å². The number of ether oxygens (including phenoxy) is 1. The highest BCUT2D eigenvalue weighted by Gasteiger charge is 2.24. The van der Waals surface area contributed by atoms with Gasteiger partial charge in [0.25, 0.3) is 0 Å². The molecule has 1 aliphatic heterocycles. The van der Waals surface area contributed by atoms with Crippen LogP contribution < -0.4 is 10.5 Å². The Morgan fingerprint density at radius 1 is 1.62 bits per heavy atom. The maximum atomic E-state index is 10.7. The van der Waals surface area contributed by atoms with Crippen LogP contribution in [-0.2, 0) is 4.79 Å². The van der Waals surface area contributed by atoms with Crippen LogP contribution in [0.3, 0.4) is 0 Å². The summed E-state index contributed by atoms with van der Waals surface area (Å²) in [6.45, 7) is 1.89. The van der Waals surface area contributed by atoms with Crippen molar-refractivity contribution in [3.05, 3.63) is 24.4 Å². The minimum Gasteiger partial charge on any atom is -0.473 e. The van der Waals surface area contributed by atoms with Gasteiger partial charge in [-0.1, -0.05) is 6.07 Å². The Morgan fingerprint density at radius 2 is 2.50 bits per heavy atom. The molecule has 5 nitrogen and oxygen atoms in total. The fourth-order valence-corrected chi connectivity index (χ4v) is 1.84. The Kier molecular flexibility index (Phi) is 3.36. The van der Waals surface area contributed by atoms with Gasteiger partial charge >= 0.3 is 0 Å². The number of likely N-dealkylation sites (tertiary alicyclic amines) is 1. The lowest BCUT2D eigenvalue weighted by atomic mass is 10.3. The molecule has 1 saturated heterocycles. The molecule has 2 rings (SSSR count). The number of hydrogen-bond donors (Lipinski definition) is 1. The molecule has 0 radical (unpaired) electrons. The van der Waals surface area contributed by atoms with Crippen molar-refractivity contribution in [2.45, 2.75) is 12.5 Å². The van der Waals surface area contributed by atoms with E-state index in [1.54, 1.807) is 6.20 Å². The van der Waals surface area contributed by atoms with Crippen LogP contribution in [0, 0.1) is 0 Å². The topological polar surface area (TPSA) is 68.5 Å². The van der Waals surface area contributed by atoms with E-state index in [1.807, 2.05) is 23.1 Å². The van der Waals surface area contributed by atoms with E-state index in [-0.39, 0.29) is 12.0 Å². The third-order valence-electron chi connectivity index (χ3n) is 2.53. The second-order valence-electron chi connectivity index (χ2n) is 3.90. The summed E-state index contributed by atoms with van der Waals surface area (Å²) in [5.41, 5.74) is 5.14. The summed E-state index contributed by atoms with van der Waals surface area (Å²) in [5.74, 6) is 0.340. The first-order valence-electron chi connectivity index (χ1n) is 5.32. The maximum absolute atomic E-state index is 10.7. The standard InChI is InChI=1S/C11H15N3O2/c12-10(15)8-14-6-4-9(7-14)16-11-3-1-2-5-13-11/h1-3,5,9H,4,6-8H2,(H2,12,15). The predicted octanol–water partition coefficient (Wildman–Crippen LogP) is 0.0200. The number of carbonyl (C=O) groups is 1. The minimum atomic E-state index is -0.293. The van der Waals surface area contributed by atoms with Crippen molar-refractivity contribution in [3.8, 4) is 5.88 Å². The van der Waals surface area contributed by atoms with E-state index in [9.17, 15) is 4.79 Å². The summed E-state index contributed by atoms with van der Waals surface area (Å²) in [4.78, 5) is 16.8. The van der Waals surface area contributed by atoms with Crippen LogP contribution in [0.2, 0.25) is 0 Å². The van der Waals surface area contributed by atoms with Crippen molar-refractivity contribution in [1.29, 1.82) is 0 Å². The summed E-state index contributed by atoms with van der Waals surface area (Å²) in [7, 11) is 0. The predicted molar refractivity (Wildman–Crippen MR) is 58.9 cm³/mol. The number of hydrogen-bond acceptors (Lipinski definition) is 4. The zero-order chi connectivity index (χ0) is 11.4. The van der Waals surface area contributed by atoms with Crippen molar-refractivity contribution in [2.75, 3.05) is 19.6 Å². The molecule has 2 heterocycles. The number of amides is 1. The highest BCUT2D eigenvalue weighted by atomic mass is 16.5. The second kappa shape index (κ2) is 4.94. The van der Waals surface area contributed by atoms with Crippen LogP contribution in [-0.4, -0.2) is 41.5 Å². The van der Waals surface area contributed by atoms with Gasteiger partial charge in [0.15, 0.2) is 0 Å². The van der Waals surface area contributed by atoms with Gasteiger partial charge in [0.1, 0.15) is 6.10 Å². The third kappa shape index (κ3) is 2.93. The van der Waals surface area contributed by atoms with E-state index in [2.05, 4.69) is 4.98 Å². The molecule has 1 aromatic rings. The van der Waals surface area contributed by atoms with Crippen molar-refractivity contribution >= 4 is 5.91 Å². The Labute approximate surface area is 94.2 Å². The van der Waals surface area contributed by atoms with E-state index >= 15 is 0 Å². The van der Waals surface area contributed by atoms with Crippen molar-refractivity contribution in [2.24, 2.45) is 5.73 Å². The Hall–Kier alpha value is -1.62. The molecular formula is C11H15N3O2. The van der Waals surface area contributed by atoms with Crippen LogP contribution in [0.15, 0.2) is 24.4 Å². The molecule has 1 fully saturated rings. The van der Waals surface area contributed by atoms with Gasteiger partial charge in [0.2, 0.25) is 11.8 Å². The monoisotopic (exact) mass is 221 g/mol. The lowest BCUT2D eigenvalue weighted by Crippen LogP contribution is -2.33. The molecule has 2 N–H and O–H groups in total. The Balaban J connectivity index is 1.83. The quantitative estimate of drug-likeness (QED) is 0.778. The van der Waals surface area contributed by atoms with Crippen LogP contribution in [0.4, 0.5) is 0 Å². The first-order chi connectivity index (χ1) is 7.74. The summed E-state index contributed by atoms with van der Waals surface area (Å²) >= 11 is 0. The molecule has 0 saturated carbocycles. The number of aromatic nitrogens is 1. The third-order valence-corrected chi connectivity index (χ3v) is 2.53. The average Bonchev–Trinajstić information content (AvgIpc) is 2.66. The van der Waals surface area contributed by atoms with Gasteiger partial charge in [0, 0.05) is 25.4 Å². The minimum absolute atomic E-state index is 0.106. The van der Waals surface area contributed by atoms with E-state index in [0.717, 1.165) is 19.5 Å². The van der Waals surface area contributed by atoms with E-state index in [0.29, 0.717) is 12.4 Å². The van der Waals surface area contributed by atoms with Gasteiger partial charge in [-0.25, -0.2) is 4.98 Å². The van der Waals surface area contributed by atoms with Gasteiger partial charge in [-0.3, -0.25) is 9.69 Å². The van der Waals surface area contributed by atoms with Crippen LogP contribution in [0.1, 0.15) is 6.42 Å². The van der Waals surface area contributed by atoms with Crippen LogP contribution >= 0.6 is 0 Å². The molecule has 86 valence electrons. The molecule has 0 aliphatic carbocycles. The number of carbonyl (C=O) groups excluding carboxylic acids is 1. The van der Waals surface area contributed by atoms with Gasteiger partial charge in [0.05, 0.1) is 6.54 Å². The van der Waals surface area contributed by atoms with Gasteiger partial charge < -0.3 is 10.5 Å². The van der Waals surface area contributed by atoms with Gasteiger partial charge in [-0.2, -0.15) is 0 Å². The maximum Gasteiger partial charge on any atom is 0.231 e. The van der Waals surface area contributed by atoms with Crippen molar-refractivity contribution < 1.29 is 9.53 Å². The van der Waals surface area contributed by atoms with Crippen molar-refractivity contribution in [1.82, 2.24) is 9.88 Å². The largest absolute Gasteiger partial charge is 0.473 e. The molecule has 0 bridgehead atoms. The van der Waals surface area contributed by atoms with Gasteiger partial charge in [-0.15, -0.1) is 0 Å². The van der Waals surface area contributed by atoms with E-state index < -0.39 is 0 Å². The average molecular weight is 221 g/mol. The van der Waals surface area contributed by atoms with E-state index in [4.69, 9.17) is 10.5 Å². The Morgan fingerprint density at radius 3 is 3.19 bits per heavy atom. The summed E-state index contributed by atoms with van der Waals surface area (Å²) < 4.78 is 5.68. The number of pyridine rings is 1. The fourth-order valence-electron chi connectivity index (χ4n) is 1.84. The molecular weight excluding hydrogens is 206 g/mol. The number of nitrogens with zero attached hydrogens (tertiary/aromatic N) is 2. The SMILES string of the molecule is NC(=O)CN1CCC(Oc2ccccn2)C1. The molecule has 1 amide bonds. The first-order valence-corrected chi connectivity index (χ1v) is 5.32. The van der Waals surface area contributed by atoms with Crippen LogP contribution in [0.5, 0.6) is 5.88 Å². The van der Waals surface area contributed by atoms with Gasteiger partial charge in [-0.05, 0) is 12.5 Å². The first kappa shape index (κ1) is 10.9. The number of rotatable bonds is 4. The summed E-state index contributed by atoms with van der Waals surface area (Å²) in [6, 6.07) is 5.57. The highest BCUT2D eigenvalue weighted by Crippen LogP contribution is 2.15. The molecule has 1 atom stereocenters. The smallest absolute Gasteiger partial charge is 0.231 e. The highest BCUT2D eigenvalue weighted by molar-refractivity contribution is 5.75.